The Morgan fingerprint density at radius 2 is 2.06 bits per heavy atom. The summed E-state index contributed by atoms with van der Waals surface area (Å²) >= 11 is 6.49. The van der Waals surface area contributed by atoms with E-state index >= 15 is 0 Å². The van der Waals surface area contributed by atoms with Gasteiger partial charge in [0.15, 0.2) is 0 Å². The number of nitrogens with one attached hydrogen (secondary N) is 1. The van der Waals surface area contributed by atoms with E-state index < -0.39 is 23.1 Å². The molecule has 0 aromatic heterocycles. The highest BCUT2D eigenvalue weighted by Gasteiger charge is 2.34. The third-order valence-corrected chi connectivity index (χ3v) is 7.33. The van der Waals surface area contributed by atoms with Crippen LogP contribution in [0.4, 0.5) is 10.5 Å². The lowest BCUT2D eigenvalue weighted by atomic mass is 10.0. The van der Waals surface area contributed by atoms with Gasteiger partial charge >= 0.3 is 6.09 Å². The maximum Gasteiger partial charge on any atom is 0.413 e. The number of halogens is 1. The summed E-state index contributed by atoms with van der Waals surface area (Å²) in [4.78, 5) is 20.1. The van der Waals surface area contributed by atoms with Crippen molar-refractivity contribution >= 4 is 39.9 Å². The zero-order valence-corrected chi connectivity index (χ0v) is 19.7. The molecule has 0 bridgehead atoms. The third kappa shape index (κ3) is 4.49. The highest BCUT2D eigenvalue weighted by atomic mass is 35.5. The Hall–Kier alpha value is -2.90. The van der Waals surface area contributed by atoms with Crippen LogP contribution in [0.1, 0.15) is 24.5 Å². The first-order valence-corrected chi connectivity index (χ1v) is 11.8. The first-order valence-electron chi connectivity index (χ1n) is 10.3. The van der Waals surface area contributed by atoms with E-state index in [1.807, 2.05) is 68.3 Å². The number of hydrogen-bond donors (Lipinski definition) is 1. The molecule has 2 aromatic rings. The number of amides is 1. The highest BCUT2D eigenvalue weighted by Crippen LogP contribution is 2.35. The van der Waals surface area contributed by atoms with Gasteiger partial charge < -0.3 is 9.64 Å². The van der Waals surface area contributed by atoms with Crippen LogP contribution in [0, 0.1) is 6.92 Å². The smallest absolute Gasteiger partial charge is 0.413 e. The highest BCUT2D eigenvalue weighted by molar-refractivity contribution is 7.93. The van der Waals surface area contributed by atoms with E-state index in [2.05, 4.69) is 5.32 Å². The van der Waals surface area contributed by atoms with E-state index in [0.29, 0.717) is 33.4 Å². The summed E-state index contributed by atoms with van der Waals surface area (Å²) in [5.41, 5.74) is 3.69. The molecule has 2 atom stereocenters. The monoisotopic (exact) mass is 469 g/mol. The second kappa shape index (κ2) is 9.30. The molecule has 0 aliphatic carbocycles. The average molecular weight is 470 g/mol. The molecule has 0 saturated carbocycles. The Bertz CT molecular complexity index is 1190. The number of allylic oxidation sites excluding steroid dienone is 3. The Labute approximate surface area is 195 Å². The van der Waals surface area contributed by atoms with Crippen LogP contribution in [0.5, 0.6) is 0 Å². The van der Waals surface area contributed by atoms with Crippen molar-refractivity contribution in [2.45, 2.75) is 26.5 Å². The average Bonchev–Trinajstić information content (AvgIpc) is 3.01. The fourth-order valence-electron chi connectivity index (χ4n) is 3.75. The number of anilines is 1. The maximum absolute atomic E-state index is 13.1. The van der Waals surface area contributed by atoms with E-state index in [0.717, 1.165) is 16.0 Å². The Morgan fingerprint density at radius 1 is 1.28 bits per heavy atom. The predicted octanol–water partition coefficient (Wildman–Crippen LogP) is 5.23. The number of benzene rings is 2. The number of carbonyl (C=O) groups is 1. The Kier molecular flexibility index (Phi) is 6.48. The van der Waals surface area contributed by atoms with Gasteiger partial charge in [0.05, 0.1) is 23.1 Å². The van der Waals surface area contributed by atoms with Crippen LogP contribution < -0.4 is 5.32 Å². The number of likely N-dealkylation sites (N-methyl/N-ethyl adjacent to an activating group) is 1. The van der Waals surface area contributed by atoms with Crippen molar-refractivity contribution in [2.75, 3.05) is 18.9 Å². The molecular formula is C24H24ClN3O3S. The lowest BCUT2D eigenvalue weighted by molar-refractivity contribution is 0.101. The van der Waals surface area contributed by atoms with Crippen molar-refractivity contribution in [1.82, 2.24) is 4.90 Å². The Morgan fingerprint density at radius 3 is 2.78 bits per heavy atom. The number of aliphatic imine (C=N–C) groups is 1. The summed E-state index contributed by atoms with van der Waals surface area (Å²) in [6.07, 6.45) is 1.17. The van der Waals surface area contributed by atoms with Gasteiger partial charge in [-0.3, -0.25) is 5.32 Å². The molecule has 2 aliphatic rings. The summed E-state index contributed by atoms with van der Waals surface area (Å²) in [5, 5.41) is 3.93. The van der Waals surface area contributed by atoms with E-state index in [1.54, 1.807) is 12.1 Å². The maximum atomic E-state index is 13.1. The van der Waals surface area contributed by atoms with Gasteiger partial charge in [-0.2, -0.15) is 0 Å². The molecule has 0 spiro atoms. The van der Waals surface area contributed by atoms with Crippen LogP contribution in [-0.4, -0.2) is 40.7 Å². The van der Waals surface area contributed by atoms with Gasteiger partial charge in [-0.1, -0.05) is 48.9 Å². The van der Waals surface area contributed by atoms with Gasteiger partial charge in [-0.05, 0) is 43.2 Å². The van der Waals surface area contributed by atoms with Gasteiger partial charge in [0.1, 0.15) is 5.03 Å². The molecule has 1 N–H and O–H groups in total. The molecule has 32 heavy (non-hydrogen) atoms. The number of rotatable bonds is 4. The van der Waals surface area contributed by atoms with Gasteiger partial charge in [-0.25, -0.2) is 14.0 Å². The minimum absolute atomic E-state index is 0.268. The molecule has 0 radical (unpaired) electrons. The van der Waals surface area contributed by atoms with E-state index in [1.165, 1.54) is 0 Å². The molecule has 8 heteroatoms. The molecule has 0 saturated heterocycles. The lowest BCUT2D eigenvalue weighted by Crippen LogP contribution is -2.32. The molecule has 6 nitrogen and oxygen atoms in total. The van der Waals surface area contributed by atoms with Gasteiger partial charge in [0, 0.05) is 33.8 Å². The third-order valence-electron chi connectivity index (χ3n) is 5.24. The molecule has 2 unspecified atom stereocenters. The molecular weight excluding hydrogens is 446 g/mol. The quantitative estimate of drug-likeness (QED) is 0.665. The molecule has 2 aromatic carbocycles. The van der Waals surface area contributed by atoms with Crippen molar-refractivity contribution in [3.8, 4) is 0 Å². The van der Waals surface area contributed by atoms with Crippen molar-refractivity contribution < 1.29 is 13.7 Å². The van der Waals surface area contributed by atoms with Crippen LogP contribution in [0.15, 0.2) is 75.1 Å². The molecule has 166 valence electrons. The first kappa shape index (κ1) is 22.3. The summed E-state index contributed by atoms with van der Waals surface area (Å²) < 4.78 is 18.8. The fourth-order valence-corrected chi connectivity index (χ4v) is 5.42. The number of aryl methyl sites for hydroxylation is 1. The summed E-state index contributed by atoms with van der Waals surface area (Å²) in [5.74, 6) is 0. The first-order chi connectivity index (χ1) is 15.4. The van der Waals surface area contributed by atoms with E-state index in [4.69, 9.17) is 21.3 Å². The largest absolute Gasteiger partial charge is 0.421 e. The van der Waals surface area contributed by atoms with Gasteiger partial charge in [-0.15, -0.1) is 0 Å². The summed E-state index contributed by atoms with van der Waals surface area (Å²) in [6, 6.07) is 14.8. The van der Waals surface area contributed by atoms with Crippen molar-refractivity contribution in [1.29, 1.82) is 0 Å². The zero-order chi connectivity index (χ0) is 22.8. The minimum atomic E-state index is -1.29. The zero-order valence-electron chi connectivity index (χ0n) is 18.1. The van der Waals surface area contributed by atoms with Gasteiger partial charge in [0.2, 0.25) is 6.23 Å². The van der Waals surface area contributed by atoms with Crippen LogP contribution in [0.25, 0.3) is 0 Å². The number of carbonyl (C=O) groups excluding carboxylic acids is 1. The summed E-state index contributed by atoms with van der Waals surface area (Å²) in [7, 11) is 0.538. The van der Waals surface area contributed by atoms with Crippen molar-refractivity contribution in [3.05, 3.63) is 86.3 Å². The number of hydrogen-bond acceptors (Lipinski definition) is 5. The molecule has 2 heterocycles. The second-order valence-corrected chi connectivity index (χ2v) is 9.50. The minimum Gasteiger partial charge on any atom is -0.421 e. The van der Waals surface area contributed by atoms with Crippen LogP contribution in [-0.2, 0) is 15.5 Å². The normalized spacial score (nSPS) is 20.3. The van der Waals surface area contributed by atoms with Crippen molar-refractivity contribution in [2.24, 2.45) is 4.99 Å². The molecule has 4 rings (SSSR count). The number of nitrogens with zero attached hydrogens (tertiary/aromatic N) is 2. The SMILES string of the molecule is CCC1=CC2=C(N(C)CC(OC(=O)Nc3cccc(C)c3)N=C2c2ccccc2Cl)S1=O. The lowest BCUT2D eigenvalue weighted by Gasteiger charge is -2.22. The summed E-state index contributed by atoms with van der Waals surface area (Å²) in [6.45, 7) is 4.19. The van der Waals surface area contributed by atoms with Gasteiger partial charge in [0.25, 0.3) is 0 Å². The van der Waals surface area contributed by atoms with Crippen LogP contribution in [0.3, 0.4) is 0 Å². The van der Waals surface area contributed by atoms with Crippen LogP contribution >= 0.6 is 11.6 Å². The van der Waals surface area contributed by atoms with E-state index in [9.17, 15) is 9.00 Å². The second-order valence-electron chi connectivity index (χ2n) is 7.64. The molecule has 1 amide bonds. The molecule has 2 aliphatic heterocycles. The predicted molar refractivity (Wildman–Crippen MR) is 129 cm³/mol. The topological polar surface area (TPSA) is 71.0 Å². The number of ether oxygens (including phenoxy) is 1. The molecule has 0 fully saturated rings. The standard InChI is InChI=1S/C24H24ClN3O3S/c1-4-17-13-19-22(18-10-5-6-11-20(18)25)27-21(14-28(3)23(19)32(17)30)31-24(29)26-16-9-7-8-15(2)12-16/h5-13,21H,4,14H2,1-3H3,(H,26,29). The fraction of sp³-hybridized carbons (Fsp3) is 0.250. The van der Waals surface area contributed by atoms with Crippen molar-refractivity contribution in [3.63, 3.8) is 0 Å². The van der Waals surface area contributed by atoms with Crippen LogP contribution in [0.2, 0.25) is 5.02 Å². The van der Waals surface area contributed by atoms with E-state index in [-0.39, 0.29) is 6.54 Å². The Balaban J connectivity index is 1.69.